The third kappa shape index (κ3) is 5.43. The van der Waals surface area contributed by atoms with E-state index in [2.05, 4.69) is 4.72 Å². The molecule has 8 nitrogen and oxygen atoms in total. The molecule has 0 spiro atoms. The summed E-state index contributed by atoms with van der Waals surface area (Å²) in [4.78, 5) is 21.7. The van der Waals surface area contributed by atoms with Gasteiger partial charge in [-0.05, 0) is 19.3 Å². The average molecular weight is 307 g/mol. The Hall–Kier alpha value is -1.19. The number of carboxylic acids is 1. The number of rotatable bonds is 7. The molecule has 1 saturated heterocycles. The van der Waals surface area contributed by atoms with Gasteiger partial charge in [0.15, 0.2) is 0 Å². The highest BCUT2D eigenvalue weighted by molar-refractivity contribution is 7.87. The number of carbonyl (C=O) groups excluding carboxylic acids is 1. The number of carboxylic acid groups (broad SMARTS) is 1. The number of carbonyl (C=O) groups is 2. The second kappa shape index (κ2) is 7.55. The number of hydrogen-bond donors (Lipinski definition) is 3. The Kier molecular flexibility index (Phi) is 6.37. The Balaban J connectivity index is 2.69. The van der Waals surface area contributed by atoms with Crippen LogP contribution in [0.25, 0.3) is 0 Å². The van der Waals surface area contributed by atoms with Crippen LogP contribution < -0.4 is 10.5 Å². The van der Waals surface area contributed by atoms with Crippen molar-refractivity contribution >= 4 is 22.1 Å². The van der Waals surface area contributed by atoms with E-state index in [0.29, 0.717) is 13.1 Å². The van der Waals surface area contributed by atoms with Crippen molar-refractivity contribution in [1.82, 2.24) is 9.03 Å². The Morgan fingerprint density at radius 2 is 1.75 bits per heavy atom. The molecule has 1 unspecified atom stereocenters. The molecule has 9 heteroatoms. The highest BCUT2D eigenvalue weighted by Crippen LogP contribution is 2.13. The van der Waals surface area contributed by atoms with Gasteiger partial charge in [-0.1, -0.05) is 12.8 Å². The average Bonchev–Trinajstić information content (AvgIpc) is 2.63. The lowest BCUT2D eigenvalue weighted by Crippen LogP contribution is -2.48. The van der Waals surface area contributed by atoms with Gasteiger partial charge < -0.3 is 10.8 Å². The summed E-state index contributed by atoms with van der Waals surface area (Å²) in [6, 6.07) is -1.34. The van der Waals surface area contributed by atoms with Crippen molar-refractivity contribution in [3.8, 4) is 0 Å². The Bertz CT molecular complexity index is 443. The number of nitrogens with two attached hydrogens (primary N) is 1. The lowest BCUT2D eigenvalue weighted by molar-refractivity contribution is -0.139. The van der Waals surface area contributed by atoms with E-state index < -0.39 is 28.1 Å². The van der Waals surface area contributed by atoms with Crippen molar-refractivity contribution in [2.75, 3.05) is 13.1 Å². The van der Waals surface area contributed by atoms with Crippen LogP contribution >= 0.6 is 0 Å². The van der Waals surface area contributed by atoms with Gasteiger partial charge in [0.1, 0.15) is 6.04 Å². The molecule has 0 aromatic heterocycles. The quantitative estimate of drug-likeness (QED) is 0.579. The highest BCUT2D eigenvalue weighted by Gasteiger charge is 2.29. The molecule has 1 heterocycles. The van der Waals surface area contributed by atoms with Crippen molar-refractivity contribution < 1.29 is 23.1 Å². The second-order valence-electron chi connectivity index (χ2n) is 4.83. The van der Waals surface area contributed by atoms with E-state index in [1.165, 1.54) is 4.31 Å². The first kappa shape index (κ1) is 16.9. The fraction of sp³-hybridized carbons (Fsp3) is 0.818. The summed E-state index contributed by atoms with van der Waals surface area (Å²) < 4.78 is 27.7. The molecule has 0 aromatic carbocycles. The Labute approximate surface area is 118 Å². The summed E-state index contributed by atoms with van der Waals surface area (Å²) in [6.45, 7) is 0.773. The molecule has 20 heavy (non-hydrogen) atoms. The minimum atomic E-state index is -3.85. The fourth-order valence-electron chi connectivity index (χ4n) is 2.06. The second-order valence-corrected chi connectivity index (χ2v) is 6.53. The molecule has 1 fully saturated rings. The number of nitrogens with zero attached hydrogens (tertiary/aromatic N) is 1. The first-order chi connectivity index (χ1) is 9.33. The molecule has 0 aromatic rings. The zero-order valence-corrected chi connectivity index (χ0v) is 12.1. The van der Waals surface area contributed by atoms with Gasteiger partial charge in [0, 0.05) is 19.5 Å². The summed E-state index contributed by atoms with van der Waals surface area (Å²) in [5.41, 5.74) is 4.95. The van der Waals surface area contributed by atoms with E-state index in [9.17, 15) is 18.0 Å². The van der Waals surface area contributed by atoms with Crippen LogP contribution in [0.4, 0.5) is 0 Å². The Morgan fingerprint density at radius 3 is 2.20 bits per heavy atom. The van der Waals surface area contributed by atoms with Crippen molar-refractivity contribution in [2.24, 2.45) is 5.73 Å². The molecule has 1 aliphatic heterocycles. The number of primary amides is 1. The molecular weight excluding hydrogens is 286 g/mol. The maximum atomic E-state index is 12.1. The van der Waals surface area contributed by atoms with Gasteiger partial charge in [-0.3, -0.25) is 9.59 Å². The smallest absolute Gasteiger partial charge is 0.321 e. The van der Waals surface area contributed by atoms with E-state index in [1.54, 1.807) is 0 Å². The lowest BCUT2D eigenvalue weighted by atomic mass is 10.2. The monoisotopic (exact) mass is 307 g/mol. The molecule has 4 N–H and O–H groups in total. The fourth-order valence-corrected chi connectivity index (χ4v) is 3.52. The molecule has 1 atom stereocenters. The van der Waals surface area contributed by atoms with Crippen LogP contribution in [0.2, 0.25) is 0 Å². The zero-order valence-electron chi connectivity index (χ0n) is 11.2. The van der Waals surface area contributed by atoms with E-state index in [0.717, 1.165) is 25.7 Å². The predicted octanol–water partition coefficient (Wildman–Crippen LogP) is -0.584. The Morgan fingerprint density at radius 1 is 1.20 bits per heavy atom. The van der Waals surface area contributed by atoms with Gasteiger partial charge in [-0.25, -0.2) is 0 Å². The van der Waals surface area contributed by atoms with E-state index in [-0.39, 0.29) is 12.8 Å². The third-order valence-electron chi connectivity index (χ3n) is 3.17. The van der Waals surface area contributed by atoms with Gasteiger partial charge >= 0.3 is 5.97 Å². The molecular formula is C11H21N3O5S. The third-order valence-corrected chi connectivity index (χ3v) is 4.80. The van der Waals surface area contributed by atoms with Crippen molar-refractivity contribution in [2.45, 2.75) is 44.6 Å². The van der Waals surface area contributed by atoms with Crippen molar-refractivity contribution in [3.05, 3.63) is 0 Å². The molecule has 1 rings (SSSR count). The number of aliphatic carboxylic acids is 1. The summed E-state index contributed by atoms with van der Waals surface area (Å²) in [7, 11) is -3.85. The first-order valence-corrected chi connectivity index (χ1v) is 8.05. The maximum Gasteiger partial charge on any atom is 0.321 e. The van der Waals surface area contributed by atoms with Gasteiger partial charge in [-0.15, -0.1) is 0 Å². The van der Waals surface area contributed by atoms with E-state index in [1.807, 2.05) is 0 Å². The topological polar surface area (TPSA) is 130 Å². The molecule has 1 amide bonds. The normalized spacial score (nSPS) is 19.2. The molecule has 0 bridgehead atoms. The standard InChI is InChI=1S/C11H21N3O5S/c12-10(15)6-5-9(11(16)17)13-20(18,19)14-7-3-1-2-4-8-14/h9,13H,1-8H2,(H2,12,15)(H,16,17). The zero-order chi connectivity index (χ0) is 15.2. The summed E-state index contributed by atoms with van der Waals surface area (Å²) in [5, 5.41) is 9.01. The number of amides is 1. The van der Waals surface area contributed by atoms with Gasteiger partial charge in [0.05, 0.1) is 0 Å². The van der Waals surface area contributed by atoms with Crippen LogP contribution in [0.1, 0.15) is 38.5 Å². The first-order valence-electron chi connectivity index (χ1n) is 6.61. The van der Waals surface area contributed by atoms with E-state index >= 15 is 0 Å². The van der Waals surface area contributed by atoms with Crippen LogP contribution in [0, 0.1) is 0 Å². The predicted molar refractivity (Wildman–Crippen MR) is 71.9 cm³/mol. The maximum absolute atomic E-state index is 12.1. The molecule has 0 saturated carbocycles. The summed E-state index contributed by atoms with van der Waals surface area (Å²) >= 11 is 0. The van der Waals surface area contributed by atoms with Crippen LogP contribution in [-0.4, -0.2) is 48.8 Å². The van der Waals surface area contributed by atoms with Crippen LogP contribution in [0.3, 0.4) is 0 Å². The SMILES string of the molecule is NC(=O)CCC(NS(=O)(=O)N1CCCCCC1)C(=O)O. The van der Waals surface area contributed by atoms with Gasteiger partial charge in [0.25, 0.3) is 10.2 Å². The van der Waals surface area contributed by atoms with Gasteiger partial charge in [-0.2, -0.15) is 17.4 Å². The summed E-state index contributed by atoms with van der Waals surface area (Å²) in [5.74, 6) is -1.98. The molecule has 0 aliphatic carbocycles. The number of nitrogens with one attached hydrogen (secondary N) is 1. The minimum absolute atomic E-state index is 0.155. The molecule has 116 valence electrons. The molecule has 1 aliphatic rings. The summed E-state index contributed by atoms with van der Waals surface area (Å²) in [6.07, 6.45) is 3.13. The lowest BCUT2D eigenvalue weighted by Gasteiger charge is -2.23. The van der Waals surface area contributed by atoms with Crippen LogP contribution in [-0.2, 0) is 19.8 Å². The van der Waals surface area contributed by atoms with Crippen LogP contribution in [0.15, 0.2) is 0 Å². The highest BCUT2D eigenvalue weighted by atomic mass is 32.2. The van der Waals surface area contributed by atoms with Crippen molar-refractivity contribution in [3.63, 3.8) is 0 Å². The van der Waals surface area contributed by atoms with E-state index in [4.69, 9.17) is 10.8 Å². The number of hydrogen-bond acceptors (Lipinski definition) is 4. The molecule has 0 radical (unpaired) electrons. The van der Waals surface area contributed by atoms with Crippen LogP contribution in [0.5, 0.6) is 0 Å². The van der Waals surface area contributed by atoms with Crippen molar-refractivity contribution in [1.29, 1.82) is 0 Å². The largest absolute Gasteiger partial charge is 0.480 e. The van der Waals surface area contributed by atoms with Gasteiger partial charge in [0.2, 0.25) is 5.91 Å². The minimum Gasteiger partial charge on any atom is -0.480 e.